The summed E-state index contributed by atoms with van der Waals surface area (Å²) in [4.78, 5) is 14.4. The third kappa shape index (κ3) is 6.70. The molecule has 5 nitrogen and oxygen atoms in total. The van der Waals surface area contributed by atoms with Gasteiger partial charge in [-0.2, -0.15) is 0 Å². The Morgan fingerprint density at radius 1 is 1.24 bits per heavy atom. The van der Waals surface area contributed by atoms with Gasteiger partial charge in [-0.15, -0.1) is 24.8 Å². The summed E-state index contributed by atoms with van der Waals surface area (Å²) in [6.45, 7) is 4.52. The van der Waals surface area contributed by atoms with Crippen LogP contribution in [-0.4, -0.2) is 56.7 Å². The molecule has 0 bridgehead atoms. The lowest BCUT2D eigenvalue weighted by atomic mass is 9.91. The van der Waals surface area contributed by atoms with E-state index in [-0.39, 0.29) is 42.7 Å². The smallest absolute Gasteiger partial charge is 0.237 e. The van der Waals surface area contributed by atoms with Crippen molar-refractivity contribution in [2.24, 2.45) is 17.6 Å². The largest absolute Gasteiger partial charge is 0.381 e. The van der Waals surface area contributed by atoms with Crippen molar-refractivity contribution in [3.05, 3.63) is 0 Å². The molecule has 1 unspecified atom stereocenters. The molecule has 2 aliphatic rings. The van der Waals surface area contributed by atoms with E-state index in [1.54, 1.807) is 0 Å². The molecule has 2 rings (SSSR count). The number of likely N-dealkylation sites (tertiary alicyclic amines) is 1. The number of halogens is 2. The van der Waals surface area contributed by atoms with Crippen LogP contribution < -0.4 is 11.1 Å². The van der Waals surface area contributed by atoms with Gasteiger partial charge in [-0.25, -0.2) is 0 Å². The molecule has 2 heterocycles. The third-order valence-electron chi connectivity index (χ3n) is 4.48. The lowest BCUT2D eigenvalue weighted by Gasteiger charge is -2.30. The molecule has 3 N–H and O–H groups in total. The lowest BCUT2D eigenvalue weighted by Crippen LogP contribution is -2.48. The molecule has 2 saturated heterocycles. The summed E-state index contributed by atoms with van der Waals surface area (Å²) in [5.41, 5.74) is 6.05. The zero-order valence-corrected chi connectivity index (χ0v) is 14.4. The number of piperidine rings is 1. The number of nitrogens with one attached hydrogen (secondary N) is 1. The van der Waals surface area contributed by atoms with E-state index < -0.39 is 0 Å². The maximum Gasteiger partial charge on any atom is 0.237 e. The molecule has 0 aromatic carbocycles. The van der Waals surface area contributed by atoms with Gasteiger partial charge in [0.1, 0.15) is 0 Å². The number of nitrogens with zero attached hydrogens (tertiary/aromatic N) is 1. The van der Waals surface area contributed by atoms with Crippen molar-refractivity contribution < 1.29 is 9.53 Å². The van der Waals surface area contributed by atoms with Crippen LogP contribution in [0.2, 0.25) is 0 Å². The number of ether oxygens (including phenoxy) is 1. The monoisotopic (exact) mass is 341 g/mol. The zero-order chi connectivity index (χ0) is 13.7. The highest BCUT2D eigenvalue weighted by molar-refractivity contribution is 5.85. The SMILES string of the molecule is CN1CCC(CNC(=O)C(N)C2CCOCC2)CC1.Cl.Cl. The molecule has 126 valence electrons. The predicted octanol–water partition coefficient (Wildman–Crippen LogP) is 1.04. The Labute approximate surface area is 140 Å². The first-order valence-corrected chi connectivity index (χ1v) is 7.46. The van der Waals surface area contributed by atoms with Crippen molar-refractivity contribution in [2.45, 2.75) is 31.7 Å². The summed E-state index contributed by atoms with van der Waals surface area (Å²) >= 11 is 0. The Bertz CT molecular complexity index is 294. The van der Waals surface area contributed by atoms with E-state index in [4.69, 9.17) is 10.5 Å². The van der Waals surface area contributed by atoms with Gasteiger partial charge in [-0.3, -0.25) is 4.79 Å². The minimum Gasteiger partial charge on any atom is -0.381 e. The Morgan fingerprint density at radius 3 is 2.38 bits per heavy atom. The van der Waals surface area contributed by atoms with Gasteiger partial charge in [0.05, 0.1) is 6.04 Å². The quantitative estimate of drug-likeness (QED) is 0.801. The fourth-order valence-electron chi connectivity index (χ4n) is 2.92. The predicted molar refractivity (Wildman–Crippen MR) is 89.2 cm³/mol. The van der Waals surface area contributed by atoms with Gasteiger partial charge in [0.25, 0.3) is 0 Å². The number of rotatable bonds is 4. The highest BCUT2D eigenvalue weighted by atomic mass is 35.5. The van der Waals surface area contributed by atoms with Gasteiger partial charge in [-0.1, -0.05) is 0 Å². The molecule has 1 amide bonds. The van der Waals surface area contributed by atoms with Gasteiger partial charge in [-0.05, 0) is 57.7 Å². The van der Waals surface area contributed by atoms with Crippen LogP contribution in [0.3, 0.4) is 0 Å². The molecule has 7 heteroatoms. The maximum atomic E-state index is 12.1. The van der Waals surface area contributed by atoms with Crippen LogP contribution in [0.25, 0.3) is 0 Å². The summed E-state index contributed by atoms with van der Waals surface area (Å²) in [6.07, 6.45) is 4.15. The molecule has 0 spiro atoms. The number of carbonyl (C=O) groups excluding carboxylic acids is 1. The molecule has 2 aliphatic heterocycles. The molecule has 0 aromatic rings. The van der Waals surface area contributed by atoms with E-state index >= 15 is 0 Å². The van der Waals surface area contributed by atoms with Crippen molar-refractivity contribution in [1.29, 1.82) is 0 Å². The first-order valence-electron chi connectivity index (χ1n) is 7.46. The van der Waals surface area contributed by atoms with Crippen LogP contribution in [-0.2, 0) is 9.53 Å². The van der Waals surface area contributed by atoms with Crippen LogP contribution in [0.4, 0.5) is 0 Å². The van der Waals surface area contributed by atoms with Crippen LogP contribution in [0.15, 0.2) is 0 Å². The van der Waals surface area contributed by atoms with Gasteiger partial charge in [0.2, 0.25) is 5.91 Å². The fourth-order valence-corrected chi connectivity index (χ4v) is 2.92. The Morgan fingerprint density at radius 2 is 1.81 bits per heavy atom. The van der Waals surface area contributed by atoms with Gasteiger partial charge < -0.3 is 20.7 Å². The first kappa shape index (κ1) is 20.9. The van der Waals surface area contributed by atoms with Crippen molar-refractivity contribution in [2.75, 3.05) is 39.9 Å². The number of carbonyl (C=O) groups is 1. The Hall–Kier alpha value is -0.0700. The molecule has 0 aliphatic carbocycles. The van der Waals surface area contributed by atoms with E-state index in [0.717, 1.165) is 45.7 Å². The molecule has 0 saturated carbocycles. The highest BCUT2D eigenvalue weighted by Crippen LogP contribution is 2.18. The van der Waals surface area contributed by atoms with E-state index in [1.807, 2.05) is 0 Å². The molecule has 2 fully saturated rings. The van der Waals surface area contributed by atoms with Crippen LogP contribution in [0.1, 0.15) is 25.7 Å². The molecule has 0 radical (unpaired) electrons. The van der Waals surface area contributed by atoms with Crippen LogP contribution in [0.5, 0.6) is 0 Å². The Kier molecular flexibility index (Phi) is 10.6. The molecular formula is C14H29Cl2N3O2. The molecular weight excluding hydrogens is 313 g/mol. The van der Waals surface area contributed by atoms with E-state index in [1.165, 1.54) is 12.8 Å². The minimum atomic E-state index is -0.366. The second-order valence-corrected chi connectivity index (χ2v) is 5.97. The average molecular weight is 342 g/mol. The molecule has 0 aromatic heterocycles. The van der Waals surface area contributed by atoms with E-state index in [0.29, 0.717) is 5.92 Å². The summed E-state index contributed by atoms with van der Waals surface area (Å²) in [5.74, 6) is 0.916. The number of amides is 1. The second-order valence-electron chi connectivity index (χ2n) is 5.97. The summed E-state index contributed by atoms with van der Waals surface area (Å²) in [6, 6.07) is -0.366. The maximum absolute atomic E-state index is 12.1. The normalized spacial score (nSPS) is 22.8. The fraction of sp³-hybridized carbons (Fsp3) is 0.929. The topological polar surface area (TPSA) is 67.6 Å². The third-order valence-corrected chi connectivity index (χ3v) is 4.48. The van der Waals surface area contributed by atoms with Gasteiger partial charge >= 0.3 is 0 Å². The molecule has 21 heavy (non-hydrogen) atoms. The average Bonchev–Trinajstić information content (AvgIpc) is 2.46. The standard InChI is InChI=1S/C14H27N3O2.2ClH/c1-17-6-2-11(3-7-17)10-16-14(18)13(15)12-4-8-19-9-5-12;;/h11-13H,2-10,15H2,1H3,(H,16,18);2*1H. The van der Waals surface area contributed by atoms with Crippen LogP contribution in [0, 0.1) is 11.8 Å². The highest BCUT2D eigenvalue weighted by Gasteiger charge is 2.27. The van der Waals surface area contributed by atoms with Crippen LogP contribution >= 0.6 is 24.8 Å². The first-order chi connectivity index (χ1) is 9.16. The Balaban J connectivity index is 0.00000200. The van der Waals surface area contributed by atoms with Gasteiger partial charge in [0, 0.05) is 19.8 Å². The zero-order valence-electron chi connectivity index (χ0n) is 12.8. The molecule has 1 atom stereocenters. The summed E-state index contributed by atoms with van der Waals surface area (Å²) in [7, 11) is 2.15. The number of hydrogen-bond acceptors (Lipinski definition) is 4. The van der Waals surface area contributed by atoms with Gasteiger partial charge in [0.15, 0.2) is 0 Å². The van der Waals surface area contributed by atoms with E-state index in [2.05, 4.69) is 17.3 Å². The second kappa shape index (κ2) is 10.6. The minimum absolute atomic E-state index is 0. The van der Waals surface area contributed by atoms with Crippen molar-refractivity contribution in [3.63, 3.8) is 0 Å². The van der Waals surface area contributed by atoms with E-state index in [9.17, 15) is 4.79 Å². The lowest BCUT2D eigenvalue weighted by molar-refractivity contribution is -0.124. The summed E-state index contributed by atoms with van der Waals surface area (Å²) < 4.78 is 5.30. The number of nitrogens with two attached hydrogens (primary N) is 1. The summed E-state index contributed by atoms with van der Waals surface area (Å²) in [5, 5.41) is 3.04. The van der Waals surface area contributed by atoms with Crippen molar-refractivity contribution >= 4 is 30.7 Å². The van der Waals surface area contributed by atoms with Crippen molar-refractivity contribution in [1.82, 2.24) is 10.2 Å². The number of hydrogen-bond donors (Lipinski definition) is 2. The van der Waals surface area contributed by atoms with Crippen molar-refractivity contribution in [3.8, 4) is 0 Å².